The molecule has 1 aromatic heterocycles. The predicted octanol–water partition coefficient (Wildman–Crippen LogP) is 4.88. The number of methoxy groups -OCH3 is 2. The van der Waals surface area contributed by atoms with Gasteiger partial charge in [-0.15, -0.1) is 11.3 Å². The van der Waals surface area contributed by atoms with Crippen LogP contribution < -0.4 is 4.72 Å². The van der Waals surface area contributed by atoms with Crippen molar-refractivity contribution in [2.45, 2.75) is 16.9 Å². The lowest BCUT2D eigenvalue weighted by atomic mass is 10.1. The van der Waals surface area contributed by atoms with E-state index in [4.69, 9.17) is 25.8 Å². The summed E-state index contributed by atoms with van der Waals surface area (Å²) in [5.41, 5.74) is 0.689. The summed E-state index contributed by atoms with van der Waals surface area (Å²) in [4.78, 5) is 12.2. The molecule has 3 aromatic rings. The fourth-order valence-corrected chi connectivity index (χ4v) is 5.78. The molecule has 0 atom stereocenters. The van der Waals surface area contributed by atoms with Gasteiger partial charge in [-0.05, 0) is 35.9 Å². The molecule has 1 heterocycles. The summed E-state index contributed by atoms with van der Waals surface area (Å²) >= 11 is 7.00. The zero-order chi connectivity index (χ0) is 24.9. The SMILES string of the molecule is COC(CCOC(=O)c1ccc(NS(=O)(=O)c2cc(-c3cccc(F)c3)c(Cl)s2)cc1O)OC. The molecule has 182 valence electrons. The molecule has 34 heavy (non-hydrogen) atoms. The number of carbonyl (C=O) groups is 1. The maximum absolute atomic E-state index is 13.5. The Morgan fingerprint density at radius 2 is 1.91 bits per heavy atom. The third kappa shape index (κ3) is 6.24. The van der Waals surface area contributed by atoms with E-state index in [9.17, 15) is 22.7 Å². The number of phenols is 1. The van der Waals surface area contributed by atoms with Gasteiger partial charge >= 0.3 is 5.97 Å². The van der Waals surface area contributed by atoms with E-state index >= 15 is 0 Å². The molecule has 0 unspecified atom stereocenters. The van der Waals surface area contributed by atoms with Crippen LogP contribution in [-0.2, 0) is 24.2 Å². The molecule has 2 N–H and O–H groups in total. The van der Waals surface area contributed by atoms with Crippen molar-refractivity contribution in [2.24, 2.45) is 0 Å². The highest BCUT2D eigenvalue weighted by Crippen LogP contribution is 2.38. The van der Waals surface area contributed by atoms with Gasteiger partial charge in [0.1, 0.15) is 25.7 Å². The van der Waals surface area contributed by atoms with Gasteiger partial charge in [-0.3, -0.25) is 4.72 Å². The average Bonchev–Trinajstić information content (AvgIpc) is 3.19. The number of sulfonamides is 1. The number of esters is 1. The number of benzene rings is 2. The number of aromatic hydroxyl groups is 1. The highest BCUT2D eigenvalue weighted by molar-refractivity contribution is 7.94. The van der Waals surface area contributed by atoms with Gasteiger partial charge in [0.2, 0.25) is 0 Å². The summed E-state index contributed by atoms with van der Waals surface area (Å²) in [7, 11) is -1.17. The van der Waals surface area contributed by atoms with Crippen molar-refractivity contribution in [3.05, 3.63) is 64.2 Å². The van der Waals surface area contributed by atoms with Crippen LogP contribution in [0.5, 0.6) is 5.75 Å². The highest BCUT2D eigenvalue weighted by atomic mass is 35.5. The Hall–Kier alpha value is -2.70. The van der Waals surface area contributed by atoms with E-state index < -0.39 is 33.8 Å². The molecular weight excluding hydrogens is 509 g/mol. The van der Waals surface area contributed by atoms with Gasteiger partial charge in [0.25, 0.3) is 10.0 Å². The summed E-state index contributed by atoms with van der Waals surface area (Å²) in [6.07, 6.45) is -0.247. The van der Waals surface area contributed by atoms with Crippen LogP contribution in [0.4, 0.5) is 10.1 Å². The number of halogens is 2. The quantitative estimate of drug-likeness (QED) is 0.284. The van der Waals surface area contributed by atoms with Crippen molar-refractivity contribution < 1.29 is 36.9 Å². The summed E-state index contributed by atoms with van der Waals surface area (Å²) in [5.74, 6) is -1.74. The lowest BCUT2D eigenvalue weighted by Crippen LogP contribution is -2.17. The second kappa shape index (κ2) is 11.2. The van der Waals surface area contributed by atoms with E-state index in [0.29, 0.717) is 17.5 Å². The first-order chi connectivity index (χ1) is 16.1. The number of nitrogens with one attached hydrogen (secondary N) is 1. The molecule has 8 nitrogen and oxygen atoms in total. The molecule has 0 spiro atoms. The van der Waals surface area contributed by atoms with Gasteiger partial charge in [0.05, 0.1) is 12.3 Å². The summed E-state index contributed by atoms with van der Waals surface area (Å²) in [6.45, 7) is -0.00815. The van der Waals surface area contributed by atoms with Gasteiger partial charge in [0, 0.05) is 32.3 Å². The van der Waals surface area contributed by atoms with Crippen molar-refractivity contribution in [1.29, 1.82) is 0 Å². The molecule has 0 aliphatic carbocycles. The van der Waals surface area contributed by atoms with E-state index in [-0.39, 0.29) is 26.4 Å². The largest absolute Gasteiger partial charge is 0.507 e. The zero-order valence-electron chi connectivity index (χ0n) is 18.1. The first kappa shape index (κ1) is 25.9. The molecule has 0 saturated heterocycles. The van der Waals surface area contributed by atoms with E-state index in [0.717, 1.165) is 17.4 Å². The second-order valence-electron chi connectivity index (χ2n) is 6.93. The summed E-state index contributed by atoms with van der Waals surface area (Å²) in [5, 5.41) is 10.2. The lowest BCUT2D eigenvalue weighted by Gasteiger charge is -2.13. The van der Waals surface area contributed by atoms with Crippen LogP contribution in [-0.4, -0.2) is 46.6 Å². The number of phenolic OH excluding ortho intramolecular Hbond substituents is 1. The molecule has 2 aromatic carbocycles. The Balaban J connectivity index is 1.72. The third-order valence-electron chi connectivity index (χ3n) is 4.65. The number of anilines is 1. The third-order valence-corrected chi connectivity index (χ3v) is 7.86. The lowest BCUT2D eigenvalue weighted by molar-refractivity contribution is -0.112. The Morgan fingerprint density at radius 1 is 1.18 bits per heavy atom. The zero-order valence-corrected chi connectivity index (χ0v) is 20.5. The molecule has 0 bridgehead atoms. The minimum Gasteiger partial charge on any atom is -0.507 e. The van der Waals surface area contributed by atoms with Gasteiger partial charge in [-0.25, -0.2) is 17.6 Å². The predicted molar refractivity (Wildman–Crippen MR) is 126 cm³/mol. The fraction of sp³-hybridized carbons (Fsp3) is 0.227. The summed E-state index contributed by atoms with van der Waals surface area (Å²) < 4.78 is 56.7. The topological polar surface area (TPSA) is 111 Å². The van der Waals surface area contributed by atoms with Crippen molar-refractivity contribution >= 4 is 44.6 Å². The minimum absolute atomic E-state index is 0.00815. The maximum atomic E-state index is 13.5. The normalized spacial score (nSPS) is 11.6. The van der Waals surface area contributed by atoms with Gasteiger partial charge in [-0.1, -0.05) is 23.7 Å². The average molecular weight is 530 g/mol. The molecule has 0 saturated carbocycles. The molecule has 0 amide bonds. The van der Waals surface area contributed by atoms with E-state index in [1.807, 2.05) is 0 Å². The van der Waals surface area contributed by atoms with Crippen LogP contribution in [0.25, 0.3) is 11.1 Å². The molecule has 0 fully saturated rings. The van der Waals surface area contributed by atoms with E-state index in [1.54, 1.807) is 6.07 Å². The van der Waals surface area contributed by atoms with Crippen molar-refractivity contribution in [2.75, 3.05) is 25.5 Å². The standard InChI is InChI=1S/C22H21ClFNO7S2/c1-30-19(31-2)8-9-32-22(27)16-7-6-15(11-18(16)26)25-34(28,29)20-12-17(21(23)33-20)13-4-3-5-14(24)10-13/h3-7,10-12,19,25-26H,8-9H2,1-2H3. The second-order valence-corrected chi connectivity index (χ2v) is 10.5. The van der Waals surface area contributed by atoms with Crippen LogP contribution in [0.15, 0.2) is 52.7 Å². The van der Waals surface area contributed by atoms with Crippen LogP contribution >= 0.6 is 22.9 Å². The van der Waals surface area contributed by atoms with Crippen LogP contribution in [0.2, 0.25) is 4.34 Å². The molecule has 0 aliphatic rings. The molecule has 0 radical (unpaired) electrons. The Kier molecular flexibility index (Phi) is 8.50. The summed E-state index contributed by atoms with van der Waals surface area (Å²) in [6, 6.07) is 10.6. The molecule has 12 heteroatoms. The minimum atomic E-state index is -4.08. The highest BCUT2D eigenvalue weighted by Gasteiger charge is 2.22. The van der Waals surface area contributed by atoms with Crippen LogP contribution in [0, 0.1) is 5.82 Å². The molecular formula is C22H21ClFNO7S2. The number of thiophene rings is 1. The maximum Gasteiger partial charge on any atom is 0.341 e. The van der Waals surface area contributed by atoms with Crippen molar-refractivity contribution in [3.63, 3.8) is 0 Å². The number of hydrogen-bond acceptors (Lipinski definition) is 8. The van der Waals surface area contributed by atoms with Crippen LogP contribution in [0.1, 0.15) is 16.8 Å². The molecule has 0 aliphatic heterocycles. The number of ether oxygens (including phenoxy) is 3. The van der Waals surface area contributed by atoms with Gasteiger partial charge < -0.3 is 19.3 Å². The first-order valence-corrected chi connectivity index (χ1v) is 12.5. The Bertz CT molecular complexity index is 1280. The number of rotatable bonds is 10. The Morgan fingerprint density at radius 3 is 2.56 bits per heavy atom. The van der Waals surface area contributed by atoms with Crippen molar-refractivity contribution in [3.8, 4) is 16.9 Å². The van der Waals surface area contributed by atoms with E-state index in [2.05, 4.69) is 4.72 Å². The number of hydrogen-bond donors (Lipinski definition) is 2. The monoisotopic (exact) mass is 529 g/mol. The Labute approximate surface area is 204 Å². The van der Waals surface area contributed by atoms with Crippen LogP contribution in [0.3, 0.4) is 0 Å². The van der Waals surface area contributed by atoms with E-state index in [1.165, 1.54) is 50.6 Å². The van der Waals surface area contributed by atoms with Crippen molar-refractivity contribution in [1.82, 2.24) is 0 Å². The van der Waals surface area contributed by atoms with Gasteiger partial charge in [0.15, 0.2) is 6.29 Å². The van der Waals surface area contributed by atoms with Gasteiger partial charge in [-0.2, -0.15) is 0 Å². The smallest absolute Gasteiger partial charge is 0.341 e. The fourth-order valence-electron chi connectivity index (χ4n) is 2.96. The first-order valence-electron chi connectivity index (χ1n) is 9.78. The molecule has 3 rings (SSSR count). The number of carbonyl (C=O) groups excluding carboxylic acids is 1.